The third kappa shape index (κ3) is 3.66. The summed E-state index contributed by atoms with van der Waals surface area (Å²) in [6, 6.07) is 3.77. The molecule has 21 heavy (non-hydrogen) atoms. The Morgan fingerprint density at radius 1 is 1.48 bits per heavy atom. The van der Waals surface area contributed by atoms with Crippen molar-refractivity contribution < 1.29 is 4.79 Å². The Bertz CT molecular complexity index is 592. The van der Waals surface area contributed by atoms with Crippen molar-refractivity contribution in [2.45, 2.75) is 38.8 Å². The maximum Gasteiger partial charge on any atom is 0.240 e. The normalized spacial score (nSPS) is 13.7. The van der Waals surface area contributed by atoms with Crippen molar-refractivity contribution >= 4 is 5.91 Å². The van der Waals surface area contributed by atoms with E-state index in [4.69, 9.17) is 5.73 Å². The molecule has 0 saturated carbocycles. The van der Waals surface area contributed by atoms with Crippen molar-refractivity contribution in [2.75, 3.05) is 0 Å². The Hall–Kier alpha value is -2.21. The van der Waals surface area contributed by atoms with E-state index in [9.17, 15) is 4.79 Å². The minimum atomic E-state index is -0.841. The number of hydrogen-bond donors (Lipinski definition) is 2. The lowest BCUT2D eigenvalue weighted by molar-refractivity contribution is -0.126. The fourth-order valence-electron chi connectivity index (χ4n) is 2.20. The van der Waals surface area contributed by atoms with Gasteiger partial charge in [0.15, 0.2) is 0 Å². The number of carbonyl (C=O) groups is 1. The van der Waals surface area contributed by atoms with Crippen molar-refractivity contribution in [1.29, 1.82) is 0 Å². The molecular weight excluding hydrogens is 266 g/mol. The molecule has 0 saturated heterocycles. The van der Waals surface area contributed by atoms with E-state index >= 15 is 0 Å². The molecule has 112 valence electrons. The smallest absolute Gasteiger partial charge is 0.240 e. The number of rotatable bonds is 6. The topological polar surface area (TPSA) is 85.8 Å². The van der Waals surface area contributed by atoms with Crippen LogP contribution in [0.5, 0.6) is 0 Å². The molecule has 6 nitrogen and oxygen atoms in total. The van der Waals surface area contributed by atoms with E-state index in [1.165, 1.54) is 0 Å². The molecule has 6 heteroatoms. The number of nitrogens with one attached hydrogen (secondary N) is 1. The highest BCUT2D eigenvalue weighted by atomic mass is 16.2. The highest BCUT2D eigenvalue weighted by molar-refractivity contribution is 5.85. The summed E-state index contributed by atoms with van der Waals surface area (Å²) in [5.74, 6) is 0.606. The Morgan fingerprint density at radius 3 is 2.95 bits per heavy atom. The summed E-state index contributed by atoms with van der Waals surface area (Å²) >= 11 is 0. The monoisotopic (exact) mass is 287 g/mol. The Kier molecular flexibility index (Phi) is 4.70. The third-order valence-electron chi connectivity index (χ3n) is 3.34. The van der Waals surface area contributed by atoms with Crippen LogP contribution in [0.15, 0.2) is 37.1 Å². The van der Waals surface area contributed by atoms with Crippen LogP contribution in [0.3, 0.4) is 0 Å². The van der Waals surface area contributed by atoms with E-state index < -0.39 is 5.54 Å². The van der Waals surface area contributed by atoms with Crippen LogP contribution in [0.25, 0.3) is 5.82 Å². The molecule has 0 aliphatic carbocycles. The Balaban J connectivity index is 2.09. The number of pyridine rings is 1. The highest BCUT2D eigenvalue weighted by Gasteiger charge is 2.26. The lowest BCUT2D eigenvalue weighted by Gasteiger charge is -2.23. The number of amides is 1. The first-order valence-corrected chi connectivity index (χ1v) is 7.04. The van der Waals surface area contributed by atoms with Crippen LogP contribution in [0.2, 0.25) is 0 Å². The molecule has 2 aromatic heterocycles. The average Bonchev–Trinajstić information content (AvgIpc) is 2.99. The van der Waals surface area contributed by atoms with Gasteiger partial charge in [-0.1, -0.05) is 19.4 Å². The standard InChI is InChI=1S/C15H21N5O/c1-3-6-15(2,16)14(21)19-10-12-5-4-7-18-13(12)20-9-8-17-11-20/h4-5,7-9,11H,3,6,10,16H2,1-2H3,(H,19,21). The predicted octanol–water partition coefficient (Wildman–Crippen LogP) is 1.40. The van der Waals surface area contributed by atoms with Gasteiger partial charge in [-0.05, 0) is 19.4 Å². The molecule has 2 aromatic rings. The predicted molar refractivity (Wildman–Crippen MR) is 80.7 cm³/mol. The number of nitrogens with two attached hydrogens (primary N) is 1. The molecule has 3 N–H and O–H groups in total. The molecule has 0 radical (unpaired) electrons. The largest absolute Gasteiger partial charge is 0.350 e. The highest BCUT2D eigenvalue weighted by Crippen LogP contribution is 2.12. The summed E-state index contributed by atoms with van der Waals surface area (Å²) in [6.07, 6.45) is 8.42. The van der Waals surface area contributed by atoms with Gasteiger partial charge in [0.1, 0.15) is 12.1 Å². The fraction of sp³-hybridized carbons (Fsp3) is 0.400. The van der Waals surface area contributed by atoms with E-state index in [-0.39, 0.29) is 5.91 Å². The zero-order valence-corrected chi connectivity index (χ0v) is 12.4. The maximum absolute atomic E-state index is 12.2. The van der Waals surface area contributed by atoms with E-state index in [2.05, 4.69) is 15.3 Å². The van der Waals surface area contributed by atoms with Gasteiger partial charge in [-0.25, -0.2) is 9.97 Å². The van der Waals surface area contributed by atoms with E-state index in [0.717, 1.165) is 17.8 Å². The fourth-order valence-corrected chi connectivity index (χ4v) is 2.20. The molecular formula is C15H21N5O. The SMILES string of the molecule is CCCC(C)(N)C(=O)NCc1cccnc1-n1ccnc1. The average molecular weight is 287 g/mol. The van der Waals surface area contributed by atoms with Crippen molar-refractivity contribution in [1.82, 2.24) is 19.9 Å². The minimum Gasteiger partial charge on any atom is -0.350 e. The maximum atomic E-state index is 12.2. The van der Waals surface area contributed by atoms with Crippen LogP contribution in [-0.2, 0) is 11.3 Å². The summed E-state index contributed by atoms with van der Waals surface area (Å²) in [5.41, 5.74) is 6.10. The van der Waals surface area contributed by atoms with Crippen molar-refractivity contribution in [3.05, 3.63) is 42.6 Å². The summed E-state index contributed by atoms with van der Waals surface area (Å²) < 4.78 is 1.81. The molecule has 0 aliphatic heterocycles. The first-order valence-electron chi connectivity index (χ1n) is 7.04. The van der Waals surface area contributed by atoms with E-state index in [1.807, 2.05) is 29.8 Å². The molecule has 1 atom stereocenters. The molecule has 2 rings (SSSR count). The molecule has 2 heterocycles. The first kappa shape index (κ1) is 15.2. The Labute approximate surface area is 124 Å². The summed E-state index contributed by atoms with van der Waals surface area (Å²) in [5, 5.41) is 2.89. The minimum absolute atomic E-state index is 0.148. The first-order chi connectivity index (χ1) is 10.0. The van der Waals surface area contributed by atoms with Gasteiger partial charge in [-0.2, -0.15) is 0 Å². The van der Waals surface area contributed by atoms with Crippen molar-refractivity contribution in [3.63, 3.8) is 0 Å². The summed E-state index contributed by atoms with van der Waals surface area (Å²) in [6.45, 7) is 4.15. The number of carbonyl (C=O) groups excluding carboxylic acids is 1. The molecule has 1 unspecified atom stereocenters. The van der Waals surface area contributed by atoms with Crippen LogP contribution in [-0.4, -0.2) is 26.0 Å². The van der Waals surface area contributed by atoms with Crippen LogP contribution in [0.1, 0.15) is 32.3 Å². The van der Waals surface area contributed by atoms with Gasteiger partial charge in [-0.15, -0.1) is 0 Å². The number of nitrogens with zero attached hydrogens (tertiary/aromatic N) is 3. The van der Waals surface area contributed by atoms with E-state index in [1.54, 1.807) is 25.6 Å². The van der Waals surface area contributed by atoms with Gasteiger partial charge in [0.2, 0.25) is 5.91 Å². The molecule has 1 amide bonds. The zero-order valence-electron chi connectivity index (χ0n) is 12.4. The van der Waals surface area contributed by atoms with Crippen LogP contribution in [0, 0.1) is 0 Å². The zero-order chi connectivity index (χ0) is 15.3. The van der Waals surface area contributed by atoms with Gasteiger partial charge in [0, 0.05) is 30.7 Å². The van der Waals surface area contributed by atoms with Gasteiger partial charge in [0.25, 0.3) is 0 Å². The van der Waals surface area contributed by atoms with Gasteiger partial charge in [-0.3, -0.25) is 9.36 Å². The number of imidazole rings is 1. The summed E-state index contributed by atoms with van der Waals surface area (Å²) in [7, 11) is 0. The van der Waals surface area contributed by atoms with Gasteiger partial charge >= 0.3 is 0 Å². The number of aromatic nitrogens is 3. The molecule has 0 aromatic carbocycles. The van der Waals surface area contributed by atoms with Crippen LogP contribution < -0.4 is 11.1 Å². The molecule has 0 spiro atoms. The quantitative estimate of drug-likeness (QED) is 0.841. The van der Waals surface area contributed by atoms with Crippen molar-refractivity contribution in [2.24, 2.45) is 5.73 Å². The van der Waals surface area contributed by atoms with Gasteiger partial charge < -0.3 is 11.1 Å². The van der Waals surface area contributed by atoms with E-state index in [0.29, 0.717) is 13.0 Å². The second-order valence-corrected chi connectivity index (χ2v) is 5.31. The van der Waals surface area contributed by atoms with Crippen LogP contribution in [0.4, 0.5) is 0 Å². The molecule has 0 bridgehead atoms. The second kappa shape index (κ2) is 6.49. The molecule has 0 aliphatic rings. The third-order valence-corrected chi connectivity index (χ3v) is 3.34. The Morgan fingerprint density at radius 2 is 2.29 bits per heavy atom. The lowest BCUT2D eigenvalue weighted by Crippen LogP contribution is -2.51. The molecule has 0 fully saturated rings. The number of hydrogen-bond acceptors (Lipinski definition) is 4. The lowest BCUT2D eigenvalue weighted by atomic mass is 9.96. The van der Waals surface area contributed by atoms with Crippen molar-refractivity contribution in [3.8, 4) is 5.82 Å². The second-order valence-electron chi connectivity index (χ2n) is 5.31. The summed E-state index contributed by atoms with van der Waals surface area (Å²) in [4.78, 5) is 20.5. The van der Waals surface area contributed by atoms with Crippen LogP contribution >= 0.6 is 0 Å². The van der Waals surface area contributed by atoms with Gasteiger partial charge in [0.05, 0.1) is 5.54 Å².